The first-order valence-corrected chi connectivity index (χ1v) is 8.44. The highest BCUT2D eigenvalue weighted by molar-refractivity contribution is 5.75. The van der Waals surface area contributed by atoms with Crippen LogP contribution >= 0.6 is 0 Å². The van der Waals surface area contributed by atoms with E-state index in [9.17, 15) is 9.59 Å². The predicted molar refractivity (Wildman–Crippen MR) is 96.4 cm³/mol. The number of likely N-dealkylation sites (N-methyl/N-ethyl adjacent to an activating group) is 1. The smallest absolute Gasteiger partial charge is 0.267 e. The number of rotatable bonds is 5. The van der Waals surface area contributed by atoms with Crippen molar-refractivity contribution >= 4 is 11.7 Å². The number of pyridine rings is 1. The summed E-state index contributed by atoms with van der Waals surface area (Å²) in [6.45, 7) is 8.72. The van der Waals surface area contributed by atoms with Crippen LogP contribution in [-0.2, 0) is 11.3 Å². The molecule has 0 spiro atoms. The molecule has 7 heteroatoms. The summed E-state index contributed by atoms with van der Waals surface area (Å²) in [4.78, 5) is 30.3. The van der Waals surface area contributed by atoms with Crippen molar-refractivity contribution in [2.24, 2.45) is 5.41 Å². The molecule has 0 aliphatic carbocycles. The molecule has 0 unspecified atom stereocenters. The summed E-state index contributed by atoms with van der Waals surface area (Å²) >= 11 is 0. The SMILES string of the molecule is CCNC(=O)Cn1nc(-c2ccc(N3CC(C)(C)C3)nc2)ccc1=O. The van der Waals surface area contributed by atoms with Crippen LogP contribution < -0.4 is 15.8 Å². The van der Waals surface area contributed by atoms with Gasteiger partial charge in [-0.2, -0.15) is 5.10 Å². The van der Waals surface area contributed by atoms with Gasteiger partial charge in [-0.1, -0.05) is 13.8 Å². The van der Waals surface area contributed by atoms with Gasteiger partial charge in [-0.15, -0.1) is 0 Å². The van der Waals surface area contributed by atoms with Crippen molar-refractivity contribution in [2.75, 3.05) is 24.5 Å². The zero-order valence-corrected chi connectivity index (χ0v) is 14.8. The summed E-state index contributed by atoms with van der Waals surface area (Å²) < 4.78 is 1.17. The van der Waals surface area contributed by atoms with Gasteiger partial charge < -0.3 is 10.2 Å². The van der Waals surface area contributed by atoms with Crippen LogP contribution in [0.2, 0.25) is 0 Å². The standard InChI is InChI=1S/C18H23N5O2/c1-4-19-16(24)10-23-17(25)8-6-14(21-23)13-5-7-15(20-9-13)22-11-18(2,3)12-22/h5-9H,4,10-12H2,1-3H3,(H,19,24). The third-order valence-corrected chi connectivity index (χ3v) is 4.14. The Kier molecular flexibility index (Phi) is 4.57. The predicted octanol–water partition coefficient (Wildman–Crippen LogP) is 1.29. The molecule has 3 rings (SSSR count). The molecule has 132 valence electrons. The normalized spacial score (nSPS) is 15.6. The van der Waals surface area contributed by atoms with Crippen LogP contribution in [-0.4, -0.2) is 40.3 Å². The van der Waals surface area contributed by atoms with Crippen LogP contribution in [0.1, 0.15) is 20.8 Å². The number of anilines is 1. The minimum absolute atomic E-state index is 0.0884. The lowest BCUT2D eigenvalue weighted by Crippen LogP contribution is -2.53. The van der Waals surface area contributed by atoms with Crippen LogP contribution in [0.5, 0.6) is 0 Å². The second-order valence-corrected chi connectivity index (χ2v) is 7.09. The molecular formula is C18H23N5O2. The Labute approximate surface area is 146 Å². The van der Waals surface area contributed by atoms with E-state index in [0.29, 0.717) is 17.7 Å². The van der Waals surface area contributed by atoms with Crippen molar-refractivity contribution < 1.29 is 4.79 Å². The van der Waals surface area contributed by atoms with Gasteiger partial charge in [-0.25, -0.2) is 9.67 Å². The zero-order chi connectivity index (χ0) is 18.0. The number of amides is 1. The van der Waals surface area contributed by atoms with Gasteiger partial charge in [0.1, 0.15) is 12.4 Å². The van der Waals surface area contributed by atoms with E-state index >= 15 is 0 Å². The van der Waals surface area contributed by atoms with Gasteiger partial charge in [0.05, 0.1) is 5.69 Å². The molecule has 0 saturated carbocycles. The Morgan fingerprint density at radius 2 is 2.00 bits per heavy atom. The first kappa shape index (κ1) is 17.1. The molecule has 1 fully saturated rings. The third kappa shape index (κ3) is 3.87. The Morgan fingerprint density at radius 1 is 1.24 bits per heavy atom. The van der Waals surface area contributed by atoms with E-state index in [-0.39, 0.29) is 18.0 Å². The maximum absolute atomic E-state index is 11.9. The number of aromatic nitrogens is 3. The summed E-state index contributed by atoms with van der Waals surface area (Å²) in [6, 6.07) is 6.98. The molecule has 1 amide bonds. The van der Waals surface area contributed by atoms with Crippen LogP contribution in [0.4, 0.5) is 5.82 Å². The number of hydrogen-bond donors (Lipinski definition) is 1. The van der Waals surface area contributed by atoms with Gasteiger partial charge in [0.25, 0.3) is 5.56 Å². The lowest BCUT2D eigenvalue weighted by Gasteiger charge is -2.46. The molecule has 1 saturated heterocycles. The molecule has 3 heterocycles. The largest absolute Gasteiger partial charge is 0.355 e. The van der Waals surface area contributed by atoms with Crippen LogP contribution in [0.15, 0.2) is 35.3 Å². The number of hydrogen-bond acceptors (Lipinski definition) is 5. The summed E-state index contributed by atoms with van der Waals surface area (Å²) in [5, 5.41) is 6.95. The average Bonchev–Trinajstić information content (AvgIpc) is 2.55. The molecule has 2 aromatic rings. The first-order chi connectivity index (χ1) is 11.9. The summed E-state index contributed by atoms with van der Waals surface area (Å²) in [5.41, 5.74) is 1.47. The summed E-state index contributed by atoms with van der Waals surface area (Å²) in [6.07, 6.45) is 1.75. The summed E-state index contributed by atoms with van der Waals surface area (Å²) in [7, 11) is 0. The Morgan fingerprint density at radius 3 is 2.60 bits per heavy atom. The van der Waals surface area contributed by atoms with Crippen molar-refractivity contribution in [1.29, 1.82) is 0 Å². The zero-order valence-electron chi connectivity index (χ0n) is 14.8. The van der Waals surface area contributed by atoms with E-state index in [2.05, 4.69) is 34.1 Å². The van der Waals surface area contributed by atoms with Crippen LogP contribution in [0.25, 0.3) is 11.3 Å². The number of nitrogens with zero attached hydrogens (tertiary/aromatic N) is 4. The Bertz CT molecular complexity index is 818. The molecular weight excluding hydrogens is 318 g/mol. The van der Waals surface area contributed by atoms with Gasteiger partial charge in [0, 0.05) is 37.5 Å². The molecule has 1 aliphatic rings. The quantitative estimate of drug-likeness (QED) is 0.886. The van der Waals surface area contributed by atoms with Crippen molar-refractivity contribution in [3.8, 4) is 11.3 Å². The maximum Gasteiger partial charge on any atom is 0.267 e. The first-order valence-electron chi connectivity index (χ1n) is 8.44. The van der Waals surface area contributed by atoms with Crippen LogP contribution in [0, 0.1) is 5.41 Å². The van der Waals surface area contributed by atoms with Crippen molar-refractivity contribution in [2.45, 2.75) is 27.3 Å². The summed E-state index contributed by atoms with van der Waals surface area (Å²) in [5.74, 6) is 0.710. The lowest BCUT2D eigenvalue weighted by molar-refractivity contribution is -0.121. The van der Waals surface area contributed by atoms with E-state index in [1.807, 2.05) is 19.1 Å². The molecule has 7 nitrogen and oxygen atoms in total. The lowest BCUT2D eigenvalue weighted by atomic mass is 9.84. The van der Waals surface area contributed by atoms with Crippen molar-refractivity contribution in [3.05, 3.63) is 40.8 Å². The molecule has 1 N–H and O–H groups in total. The van der Waals surface area contributed by atoms with Crippen LogP contribution in [0.3, 0.4) is 0 Å². The minimum atomic E-state index is -0.303. The van der Waals surface area contributed by atoms with Crippen molar-refractivity contribution in [1.82, 2.24) is 20.1 Å². The topological polar surface area (TPSA) is 80.1 Å². The fourth-order valence-electron chi connectivity index (χ4n) is 2.98. The van der Waals surface area contributed by atoms with Crippen molar-refractivity contribution in [3.63, 3.8) is 0 Å². The second kappa shape index (κ2) is 6.66. The monoisotopic (exact) mass is 341 g/mol. The molecule has 2 aromatic heterocycles. The molecule has 0 atom stereocenters. The third-order valence-electron chi connectivity index (χ3n) is 4.14. The fraction of sp³-hybridized carbons (Fsp3) is 0.444. The van der Waals surface area contributed by atoms with E-state index in [1.54, 1.807) is 12.3 Å². The van der Waals surface area contributed by atoms with Gasteiger partial charge >= 0.3 is 0 Å². The molecule has 1 aliphatic heterocycles. The number of nitrogens with one attached hydrogen (secondary N) is 1. The van der Waals surface area contributed by atoms with Gasteiger partial charge in [-0.3, -0.25) is 9.59 Å². The Hall–Kier alpha value is -2.70. The maximum atomic E-state index is 11.9. The van der Waals surface area contributed by atoms with Gasteiger partial charge in [0.15, 0.2) is 0 Å². The second-order valence-electron chi connectivity index (χ2n) is 7.09. The highest BCUT2D eigenvalue weighted by Crippen LogP contribution is 2.32. The van der Waals surface area contributed by atoms with E-state index in [0.717, 1.165) is 24.5 Å². The van der Waals surface area contributed by atoms with E-state index in [4.69, 9.17) is 0 Å². The molecule has 0 bridgehead atoms. The number of carbonyl (C=O) groups is 1. The van der Waals surface area contributed by atoms with Gasteiger partial charge in [0.2, 0.25) is 5.91 Å². The Balaban J connectivity index is 1.77. The molecule has 0 radical (unpaired) electrons. The molecule has 0 aromatic carbocycles. The van der Waals surface area contributed by atoms with E-state index < -0.39 is 0 Å². The number of carbonyl (C=O) groups excluding carboxylic acids is 1. The minimum Gasteiger partial charge on any atom is -0.355 e. The molecule has 25 heavy (non-hydrogen) atoms. The van der Waals surface area contributed by atoms with E-state index in [1.165, 1.54) is 10.7 Å². The van der Waals surface area contributed by atoms with Gasteiger partial charge in [-0.05, 0) is 30.5 Å². The highest BCUT2D eigenvalue weighted by atomic mass is 16.2. The fourth-order valence-corrected chi connectivity index (χ4v) is 2.98. The highest BCUT2D eigenvalue weighted by Gasteiger charge is 2.34. The average molecular weight is 341 g/mol.